The van der Waals surface area contributed by atoms with E-state index in [4.69, 9.17) is 0 Å². The van der Waals surface area contributed by atoms with E-state index >= 15 is 0 Å². The Morgan fingerprint density at radius 3 is 2.40 bits per heavy atom. The SMILES string of the molecule is Cn1nc(-c2ccc(F)cc2)c(-c2ccncc2)c1NC(=O)CSc1ccccc1. The Morgan fingerprint density at radius 2 is 1.70 bits per heavy atom. The van der Waals surface area contributed by atoms with E-state index in [-0.39, 0.29) is 17.5 Å². The number of benzene rings is 2. The summed E-state index contributed by atoms with van der Waals surface area (Å²) in [6.07, 6.45) is 3.38. The molecule has 0 aliphatic heterocycles. The number of carbonyl (C=O) groups is 1. The maximum atomic E-state index is 13.4. The van der Waals surface area contributed by atoms with E-state index in [1.54, 1.807) is 36.3 Å². The fourth-order valence-electron chi connectivity index (χ4n) is 3.10. The lowest BCUT2D eigenvalue weighted by Crippen LogP contribution is -2.17. The third kappa shape index (κ3) is 4.41. The molecule has 30 heavy (non-hydrogen) atoms. The van der Waals surface area contributed by atoms with Crippen LogP contribution in [-0.4, -0.2) is 26.4 Å². The fraction of sp³-hybridized carbons (Fsp3) is 0.0870. The van der Waals surface area contributed by atoms with E-state index < -0.39 is 0 Å². The van der Waals surface area contributed by atoms with Crippen molar-refractivity contribution in [3.63, 3.8) is 0 Å². The Balaban J connectivity index is 1.67. The van der Waals surface area contributed by atoms with Crippen LogP contribution in [0.15, 0.2) is 84.0 Å². The number of aromatic nitrogens is 3. The molecule has 150 valence electrons. The summed E-state index contributed by atoms with van der Waals surface area (Å²) in [6, 6.07) is 19.6. The summed E-state index contributed by atoms with van der Waals surface area (Å²) >= 11 is 1.47. The highest BCUT2D eigenvalue weighted by atomic mass is 32.2. The van der Waals surface area contributed by atoms with Gasteiger partial charge in [-0.3, -0.25) is 14.5 Å². The third-order valence-corrected chi connectivity index (χ3v) is 5.52. The summed E-state index contributed by atoms with van der Waals surface area (Å²) in [4.78, 5) is 17.8. The first-order valence-corrected chi connectivity index (χ1v) is 10.3. The van der Waals surface area contributed by atoms with Gasteiger partial charge in [0.1, 0.15) is 17.3 Å². The van der Waals surface area contributed by atoms with Crippen molar-refractivity contribution in [3.05, 3.63) is 84.9 Å². The molecule has 4 aromatic rings. The van der Waals surface area contributed by atoms with Crippen molar-refractivity contribution in [1.29, 1.82) is 0 Å². The van der Waals surface area contributed by atoms with Crippen LogP contribution in [0, 0.1) is 5.82 Å². The summed E-state index contributed by atoms with van der Waals surface area (Å²) in [5.74, 6) is 0.412. The molecular weight excluding hydrogens is 399 g/mol. The van der Waals surface area contributed by atoms with Crippen LogP contribution in [0.4, 0.5) is 10.2 Å². The lowest BCUT2D eigenvalue weighted by atomic mass is 10.0. The number of thioether (sulfide) groups is 1. The van der Waals surface area contributed by atoms with Gasteiger partial charge < -0.3 is 5.32 Å². The van der Waals surface area contributed by atoms with Crippen molar-refractivity contribution < 1.29 is 9.18 Å². The zero-order valence-corrected chi connectivity index (χ0v) is 17.1. The molecule has 0 atom stereocenters. The maximum Gasteiger partial charge on any atom is 0.235 e. The standard InChI is InChI=1S/C23H19FN4OS/c1-28-23(26-20(29)15-30-19-5-3-2-4-6-19)21(16-11-13-25-14-12-16)22(27-28)17-7-9-18(24)10-8-17/h2-14H,15H2,1H3,(H,26,29). The van der Waals surface area contributed by atoms with Gasteiger partial charge in [-0.05, 0) is 54.1 Å². The third-order valence-electron chi connectivity index (χ3n) is 4.50. The van der Waals surface area contributed by atoms with Gasteiger partial charge in [-0.2, -0.15) is 5.10 Å². The van der Waals surface area contributed by atoms with Crippen LogP contribution in [0.3, 0.4) is 0 Å². The van der Waals surface area contributed by atoms with Crippen molar-refractivity contribution in [2.45, 2.75) is 4.90 Å². The number of pyridine rings is 1. The van der Waals surface area contributed by atoms with Gasteiger partial charge in [0.2, 0.25) is 5.91 Å². The highest BCUT2D eigenvalue weighted by Crippen LogP contribution is 2.37. The number of hydrogen-bond donors (Lipinski definition) is 1. The largest absolute Gasteiger partial charge is 0.310 e. The molecule has 0 spiro atoms. The molecule has 2 aromatic carbocycles. The summed E-state index contributed by atoms with van der Waals surface area (Å²) in [6.45, 7) is 0. The van der Waals surface area contributed by atoms with Crippen LogP contribution in [0.2, 0.25) is 0 Å². The van der Waals surface area contributed by atoms with Crippen molar-refractivity contribution in [2.24, 2.45) is 7.05 Å². The average Bonchev–Trinajstić information content (AvgIpc) is 3.10. The lowest BCUT2D eigenvalue weighted by Gasteiger charge is -2.10. The van der Waals surface area contributed by atoms with Crippen LogP contribution in [0.1, 0.15) is 0 Å². The molecule has 7 heteroatoms. The molecule has 0 radical (unpaired) electrons. The number of aryl methyl sites for hydroxylation is 1. The monoisotopic (exact) mass is 418 g/mol. The molecule has 0 unspecified atom stereocenters. The van der Waals surface area contributed by atoms with Gasteiger partial charge in [0.25, 0.3) is 0 Å². The molecule has 0 aliphatic carbocycles. The van der Waals surface area contributed by atoms with E-state index in [2.05, 4.69) is 15.4 Å². The molecular formula is C23H19FN4OS. The number of nitrogens with zero attached hydrogens (tertiary/aromatic N) is 3. The van der Waals surface area contributed by atoms with Crippen molar-refractivity contribution >= 4 is 23.5 Å². The average molecular weight is 418 g/mol. The van der Waals surface area contributed by atoms with Crippen LogP contribution in [0.5, 0.6) is 0 Å². The molecule has 0 fully saturated rings. The Labute approximate surface area is 178 Å². The normalized spacial score (nSPS) is 10.7. The van der Waals surface area contributed by atoms with Crippen LogP contribution in [-0.2, 0) is 11.8 Å². The molecule has 1 amide bonds. The second-order valence-electron chi connectivity index (χ2n) is 6.59. The topological polar surface area (TPSA) is 59.8 Å². The number of halogens is 1. The number of carbonyl (C=O) groups excluding carboxylic acids is 1. The smallest absolute Gasteiger partial charge is 0.235 e. The van der Waals surface area contributed by atoms with Crippen molar-refractivity contribution in [2.75, 3.05) is 11.1 Å². The Morgan fingerprint density at radius 1 is 1.00 bits per heavy atom. The van der Waals surface area contributed by atoms with E-state index in [1.807, 2.05) is 42.5 Å². The molecule has 2 heterocycles. The Kier molecular flexibility index (Phi) is 5.90. The zero-order valence-electron chi connectivity index (χ0n) is 16.2. The minimum absolute atomic E-state index is 0.132. The number of amides is 1. The quantitative estimate of drug-likeness (QED) is 0.447. The van der Waals surface area contributed by atoms with E-state index in [9.17, 15) is 9.18 Å². The van der Waals surface area contributed by atoms with Gasteiger partial charge in [-0.1, -0.05) is 18.2 Å². The molecule has 0 saturated heterocycles. The minimum atomic E-state index is -0.313. The van der Waals surface area contributed by atoms with Gasteiger partial charge in [0, 0.05) is 29.9 Å². The number of hydrogen-bond acceptors (Lipinski definition) is 4. The predicted octanol–water partition coefficient (Wildman–Crippen LogP) is 5.02. The molecule has 0 saturated carbocycles. The van der Waals surface area contributed by atoms with Gasteiger partial charge in [0.15, 0.2) is 0 Å². The Bertz CT molecular complexity index is 1150. The summed E-state index contributed by atoms with van der Waals surface area (Å²) in [5.41, 5.74) is 3.06. The fourth-order valence-corrected chi connectivity index (χ4v) is 3.82. The molecule has 0 aliphatic rings. The van der Waals surface area contributed by atoms with E-state index in [1.165, 1.54) is 23.9 Å². The zero-order chi connectivity index (χ0) is 20.9. The number of anilines is 1. The highest BCUT2D eigenvalue weighted by Gasteiger charge is 2.21. The summed E-state index contributed by atoms with van der Waals surface area (Å²) in [5, 5.41) is 7.61. The second kappa shape index (κ2) is 8.92. The minimum Gasteiger partial charge on any atom is -0.310 e. The first-order chi connectivity index (χ1) is 14.6. The van der Waals surface area contributed by atoms with Gasteiger partial charge >= 0.3 is 0 Å². The molecule has 2 aromatic heterocycles. The highest BCUT2D eigenvalue weighted by molar-refractivity contribution is 8.00. The predicted molar refractivity (Wildman–Crippen MR) is 118 cm³/mol. The van der Waals surface area contributed by atoms with Crippen LogP contribution in [0.25, 0.3) is 22.4 Å². The van der Waals surface area contributed by atoms with Crippen LogP contribution < -0.4 is 5.32 Å². The molecule has 5 nitrogen and oxygen atoms in total. The van der Waals surface area contributed by atoms with Gasteiger partial charge in [0.05, 0.1) is 11.3 Å². The first kappa shape index (κ1) is 19.8. The molecule has 4 rings (SSSR count). The first-order valence-electron chi connectivity index (χ1n) is 9.33. The second-order valence-corrected chi connectivity index (χ2v) is 7.64. The van der Waals surface area contributed by atoms with Crippen LogP contribution >= 0.6 is 11.8 Å². The number of nitrogens with one attached hydrogen (secondary N) is 1. The molecule has 0 bridgehead atoms. The summed E-state index contributed by atoms with van der Waals surface area (Å²) < 4.78 is 15.1. The molecule has 1 N–H and O–H groups in total. The maximum absolute atomic E-state index is 13.4. The van der Waals surface area contributed by atoms with Gasteiger partial charge in [-0.15, -0.1) is 11.8 Å². The van der Waals surface area contributed by atoms with Crippen molar-refractivity contribution in [3.8, 4) is 22.4 Å². The van der Waals surface area contributed by atoms with E-state index in [0.29, 0.717) is 11.5 Å². The van der Waals surface area contributed by atoms with Crippen molar-refractivity contribution in [1.82, 2.24) is 14.8 Å². The summed E-state index contributed by atoms with van der Waals surface area (Å²) in [7, 11) is 1.78. The van der Waals surface area contributed by atoms with Gasteiger partial charge in [-0.25, -0.2) is 4.39 Å². The lowest BCUT2D eigenvalue weighted by molar-refractivity contribution is -0.113. The van der Waals surface area contributed by atoms with E-state index in [0.717, 1.165) is 21.6 Å². The number of rotatable bonds is 6. The Hall–Kier alpha value is -3.45.